The highest BCUT2D eigenvalue weighted by atomic mass is 32.2. The van der Waals surface area contributed by atoms with Crippen LogP contribution in [0.3, 0.4) is 0 Å². The number of unbranched alkanes of at least 4 members (excludes halogenated alkanes) is 3. The van der Waals surface area contributed by atoms with Crippen LogP contribution in [0.5, 0.6) is 0 Å². The van der Waals surface area contributed by atoms with Gasteiger partial charge in [0.2, 0.25) is 0 Å². The molecule has 0 aromatic carbocycles. The van der Waals surface area contributed by atoms with E-state index in [0.717, 1.165) is 19.3 Å². The molecule has 128 valence electrons. The number of hydrogen-bond donors (Lipinski definition) is 0. The number of hydrogen-bond acceptors (Lipinski definition) is 4. The maximum absolute atomic E-state index is 12.7. The molecule has 1 rings (SSSR count). The van der Waals surface area contributed by atoms with E-state index in [4.69, 9.17) is 4.74 Å². The molecule has 4 nitrogen and oxygen atoms in total. The van der Waals surface area contributed by atoms with Gasteiger partial charge in [0.05, 0.1) is 24.8 Å². The third-order valence-corrected chi connectivity index (χ3v) is 5.65. The molecule has 1 heterocycles. The Balaban J connectivity index is 2.79. The molecule has 0 spiro atoms. The second-order valence-electron chi connectivity index (χ2n) is 6.71. The predicted molar refractivity (Wildman–Crippen MR) is 91.9 cm³/mol. The number of rotatable bonds is 8. The second kappa shape index (κ2) is 8.94. The Bertz CT molecular complexity index is 390. The average Bonchev–Trinajstić information content (AvgIpc) is 2.85. The van der Waals surface area contributed by atoms with Crippen molar-refractivity contribution in [1.82, 2.24) is 4.31 Å². The molecule has 1 aliphatic rings. The monoisotopic (exact) mass is 329 g/mol. The molecule has 0 aliphatic carbocycles. The Morgan fingerprint density at radius 3 is 2.59 bits per heavy atom. The van der Waals surface area contributed by atoms with Crippen LogP contribution in [-0.2, 0) is 20.9 Å². The number of ether oxygens (including phenoxy) is 1. The minimum Gasteiger partial charge on any atom is -0.597 e. The van der Waals surface area contributed by atoms with Crippen molar-refractivity contribution in [2.75, 3.05) is 13.2 Å². The molecule has 0 aromatic heterocycles. The summed E-state index contributed by atoms with van der Waals surface area (Å²) in [5.41, 5.74) is 0.691. The molecule has 2 atom stereocenters. The lowest BCUT2D eigenvalue weighted by molar-refractivity contribution is -0.138. The van der Waals surface area contributed by atoms with Crippen LogP contribution in [0.2, 0.25) is 0 Å². The van der Waals surface area contributed by atoms with Gasteiger partial charge in [-0.05, 0) is 34.1 Å². The van der Waals surface area contributed by atoms with E-state index in [1.54, 1.807) is 0 Å². The van der Waals surface area contributed by atoms with E-state index < -0.39 is 11.4 Å². The fraction of sp³-hybridized carbons (Fsp3) is 0.824. The van der Waals surface area contributed by atoms with Gasteiger partial charge < -0.3 is 9.29 Å². The summed E-state index contributed by atoms with van der Waals surface area (Å²) in [6, 6.07) is -0.0732. The Hall–Kier alpha value is -0.520. The summed E-state index contributed by atoms with van der Waals surface area (Å²) in [6.07, 6.45) is 7.35. The number of nitrogens with zero attached hydrogens (tertiary/aromatic N) is 1. The molecule has 0 amide bonds. The van der Waals surface area contributed by atoms with Crippen molar-refractivity contribution in [3.8, 4) is 0 Å². The molecule has 0 radical (unpaired) electrons. The molecule has 0 fully saturated rings. The smallest absolute Gasteiger partial charge is 0.335 e. The molecule has 0 saturated carbocycles. The highest BCUT2D eigenvalue weighted by Gasteiger charge is 2.43. The first-order valence-corrected chi connectivity index (χ1v) is 9.49. The van der Waals surface area contributed by atoms with Crippen molar-refractivity contribution in [3.05, 3.63) is 11.6 Å². The molecule has 0 aromatic rings. The van der Waals surface area contributed by atoms with Crippen LogP contribution in [-0.4, -0.2) is 38.8 Å². The van der Waals surface area contributed by atoms with Crippen LogP contribution in [0.4, 0.5) is 0 Å². The van der Waals surface area contributed by atoms with Crippen molar-refractivity contribution in [1.29, 1.82) is 0 Å². The first-order valence-electron chi connectivity index (χ1n) is 8.38. The maximum atomic E-state index is 12.7. The molecule has 22 heavy (non-hydrogen) atoms. The third-order valence-electron chi connectivity index (χ3n) is 3.78. The molecule has 0 unspecified atom stereocenters. The van der Waals surface area contributed by atoms with Crippen molar-refractivity contribution in [2.45, 2.75) is 77.5 Å². The van der Waals surface area contributed by atoms with Crippen molar-refractivity contribution >= 4 is 17.3 Å². The first kappa shape index (κ1) is 19.5. The van der Waals surface area contributed by atoms with Gasteiger partial charge in [0.1, 0.15) is 4.75 Å². The lowest BCUT2D eigenvalue weighted by atomic mass is 10.0. The standard InChI is InChI=1S/C17H31NO3S/c1-6-8-9-10-11-15-14(16(19)21-7-2)12-13-18(15)22(20)17(3,4)5/h12,15H,6-11,13H2,1-5H3/t15-,22-/m1/s1. The van der Waals surface area contributed by atoms with Gasteiger partial charge in [0.25, 0.3) is 0 Å². The Morgan fingerprint density at radius 1 is 1.36 bits per heavy atom. The summed E-state index contributed by atoms with van der Waals surface area (Å²) in [5, 5.41) is 0. The number of carbonyl (C=O) groups is 1. The Morgan fingerprint density at radius 2 is 2.05 bits per heavy atom. The molecule has 5 heteroatoms. The van der Waals surface area contributed by atoms with Gasteiger partial charge in [0.15, 0.2) is 0 Å². The van der Waals surface area contributed by atoms with Crippen molar-refractivity contribution in [2.24, 2.45) is 0 Å². The molecule has 0 saturated heterocycles. The van der Waals surface area contributed by atoms with Gasteiger partial charge in [0, 0.05) is 11.4 Å². The summed E-state index contributed by atoms with van der Waals surface area (Å²) in [4.78, 5) is 12.1. The summed E-state index contributed by atoms with van der Waals surface area (Å²) < 4.78 is 19.5. The van der Waals surface area contributed by atoms with Gasteiger partial charge in [-0.2, -0.15) is 0 Å². The topological polar surface area (TPSA) is 52.6 Å². The molecule has 0 bridgehead atoms. The first-order chi connectivity index (χ1) is 10.3. The van der Waals surface area contributed by atoms with Crippen LogP contribution in [0.15, 0.2) is 11.6 Å². The molecular weight excluding hydrogens is 298 g/mol. The summed E-state index contributed by atoms with van der Waals surface area (Å²) in [7, 11) is 0. The van der Waals surface area contributed by atoms with Crippen LogP contribution in [0, 0.1) is 0 Å². The zero-order valence-corrected chi connectivity index (χ0v) is 15.5. The van der Waals surface area contributed by atoms with Crippen LogP contribution in [0.25, 0.3) is 0 Å². The molecular formula is C17H31NO3S. The summed E-state index contributed by atoms with van der Waals surface area (Å²) >= 11 is -1.12. The van der Waals surface area contributed by atoms with Crippen LogP contribution >= 0.6 is 0 Å². The van der Waals surface area contributed by atoms with Gasteiger partial charge in [-0.15, -0.1) is 4.31 Å². The van der Waals surface area contributed by atoms with Crippen LogP contribution < -0.4 is 0 Å². The molecule has 0 N–H and O–H groups in total. The minimum absolute atomic E-state index is 0.0732. The highest BCUT2D eigenvalue weighted by molar-refractivity contribution is 7.90. The van der Waals surface area contributed by atoms with E-state index in [1.165, 1.54) is 12.8 Å². The van der Waals surface area contributed by atoms with Crippen molar-refractivity contribution < 1.29 is 14.1 Å². The zero-order valence-electron chi connectivity index (χ0n) is 14.7. The second-order valence-corrected chi connectivity index (χ2v) is 8.90. The minimum atomic E-state index is -1.12. The Labute approximate surface area is 138 Å². The van der Waals surface area contributed by atoms with Crippen LogP contribution in [0.1, 0.15) is 66.7 Å². The summed E-state index contributed by atoms with van der Waals surface area (Å²) in [6.45, 7) is 10.9. The largest absolute Gasteiger partial charge is 0.597 e. The normalized spacial score (nSPS) is 20.8. The van der Waals surface area contributed by atoms with E-state index in [2.05, 4.69) is 6.92 Å². The highest BCUT2D eigenvalue weighted by Crippen LogP contribution is 2.32. The van der Waals surface area contributed by atoms with E-state index in [9.17, 15) is 9.35 Å². The van der Waals surface area contributed by atoms with Gasteiger partial charge in [-0.25, -0.2) is 4.79 Å². The average molecular weight is 330 g/mol. The third kappa shape index (κ3) is 5.28. The van der Waals surface area contributed by atoms with Gasteiger partial charge >= 0.3 is 5.97 Å². The lowest BCUT2D eigenvalue weighted by Crippen LogP contribution is -2.47. The fourth-order valence-corrected chi connectivity index (χ4v) is 4.00. The number of esters is 1. The van der Waals surface area contributed by atoms with E-state index in [1.807, 2.05) is 38.1 Å². The van der Waals surface area contributed by atoms with Crippen molar-refractivity contribution in [3.63, 3.8) is 0 Å². The number of carbonyl (C=O) groups excluding carboxylic acids is 1. The van der Waals surface area contributed by atoms with Gasteiger partial charge in [-0.3, -0.25) is 0 Å². The molecule has 1 aliphatic heterocycles. The maximum Gasteiger partial charge on any atom is 0.335 e. The Kier molecular flexibility index (Phi) is 7.94. The lowest BCUT2D eigenvalue weighted by Gasteiger charge is -2.34. The van der Waals surface area contributed by atoms with E-state index in [-0.39, 0.29) is 16.8 Å². The van der Waals surface area contributed by atoms with Gasteiger partial charge in [-0.1, -0.05) is 38.7 Å². The van der Waals surface area contributed by atoms with E-state index in [0.29, 0.717) is 18.7 Å². The predicted octanol–water partition coefficient (Wildman–Crippen LogP) is 3.59. The fourth-order valence-electron chi connectivity index (χ4n) is 2.64. The summed E-state index contributed by atoms with van der Waals surface area (Å²) in [5.74, 6) is -0.253. The zero-order chi connectivity index (χ0) is 16.8. The van der Waals surface area contributed by atoms with E-state index >= 15 is 0 Å². The SMILES string of the molecule is CCCCCC[C@@H]1C(C(=O)OCC)=CCN1[S@+]([O-])C(C)(C)C. The quantitative estimate of drug-likeness (QED) is 0.388.